The SMILES string of the molecule is CCOC(=O)CCCN(C)C12CC3CC(CC(C3)C1)C2. The lowest BCUT2D eigenvalue weighted by atomic mass is 9.52. The van der Waals surface area contributed by atoms with Crippen LogP contribution in [0.15, 0.2) is 0 Å². The quantitative estimate of drug-likeness (QED) is 0.699. The van der Waals surface area contributed by atoms with Gasteiger partial charge in [0.1, 0.15) is 0 Å². The third-order valence-corrected chi connectivity index (χ3v) is 6.00. The molecule has 0 heterocycles. The summed E-state index contributed by atoms with van der Waals surface area (Å²) in [5.41, 5.74) is 0.476. The van der Waals surface area contributed by atoms with E-state index < -0.39 is 0 Å². The van der Waals surface area contributed by atoms with Gasteiger partial charge in [-0.05, 0) is 83.2 Å². The number of rotatable bonds is 6. The molecule has 0 spiro atoms. The molecule has 0 aliphatic heterocycles. The van der Waals surface area contributed by atoms with Crippen molar-refractivity contribution >= 4 is 5.97 Å². The molecule has 3 heteroatoms. The van der Waals surface area contributed by atoms with Gasteiger partial charge in [-0.25, -0.2) is 0 Å². The largest absolute Gasteiger partial charge is 0.466 e. The van der Waals surface area contributed by atoms with Crippen molar-refractivity contribution in [1.82, 2.24) is 4.90 Å². The van der Waals surface area contributed by atoms with Gasteiger partial charge in [-0.2, -0.15) is 0 Å². The van der Waals surface area contributed by atoms with Gasteiger partial charge in [-0.3, -0.25) is 4.79 Å². The molecule has 0 unspecified atom stereocenters. The molecule has 0 saturated heterocycles. The molecule has 0 aromatic carbocycles. The van der Waals surface area contributed by atoms with Crippen LogP contribution in [-0.4, -0.2) is 36.6 Å². The Morgan fingerprint density at radius 1 is 1.15 bits per heavy atom. The standard InChI is InChI=1S/C17H29NO2/c1-3-20-16(19)5-4-6-18(2)17-10-13-7-14(11-17)9-15(8-13)12-17/h13-15H,3-12H2,1-2H3. The molecule has 4 bridgehead atoms. The van der Waals surface area contributed by atoms with Crippen LogP contribution in [0.5, 0.6) is 0 Å². The lowest BCUT2D eigenvalue weighted by Crippen LogP contribution is -2.59. The Morgan fingerprint density at radius 3 is 2.20 bits per heavy atom. The van der Waals surface area contributed by atoms with Crippen molar-refractivity contribution in [3.63, 3.8) is 0 Å². The number of hydrogen-bond acceptors (Lipinski definition) is 3. The number of hydrogen-bond donors (Lipinski definition) is 0. The molecule has 0 amide bonds. The van der Waals surface area contributed by atoms with Gasteiger partial charge >= 0.3 is 5.97 Å². The van der Waals surface area contributed by atoms with E-state index in [0.717, 1.165) is 30.7 Å². The van der Waals surface area contributed by atoms with Crippen LogP contribution in [0, 0.1) is 17.8 Å². The highest BCUT2D eigenvalue weighted by Crippen LogP contribution is 2.57. The van der Waals surface area contributed by atoms with Gasteiger partial charge in [0, 0.05) is 12.0 Å². The third-order valence-electron chi connectivity index (χ3n) is 6.00. The minimum Gasteiger partial charge on any atom is -0.466 e. The van der Waals surface area contributed by atoms with Crippen molar-refractivity contribution in [2.45, 2.75) is 63.8 Å². The van der Waals surface area contributed by atoms with Crippen LogP contribution in [0.1, 0.15) is 58.3 Å². The second-order valence-electron chi connectivity index (χ2n) is 7.47. The zero-order chi connectivity index (χ0) is 14.2. The summed E-state index contributed by atoms with van der Waals surface area (Å²) in [6, 6.07) is 0. The molecule has 4 rings (SSSR count). The first-order chi connectivity index (χ1) is 9.61. The predicted octanol–water partition coefficient (Wildman–Crippen LogP) is 3.23. The van der Waals surface area contributed by atoms with Crippen molar-refractivity contribution in [3.8, 4) is 0 Å². The fourth-order valence-corrected chi connectivity index (χ4v) is 5.46. The van der Waals surface area contributed by atoms with E-state index in [1.54, 1.807) is 0 Å². The van der Waals surface area contributed by atoms with Crippen molar-refractivity contribution in [3.05, 3.63) is 0 Å². The Hall–Kier alpha value is -0.570. The highest BCUT2D eigenvalue weighted by molar-refractivity contribution is 5.69. The molecule has 3 nitrogen and oxygen atoms in total. The van der Waals surface area contributed by atoms with E-state index in [1.807, 2.05) is 6.92 Å². The van der Waals surface area contributed by atoms with Crippen molar-refractivity contribution in [1.29, 1.82) is 0 Å². The molecule has 0 aromatic heterocycles. The molecule has 4 aliphatic rings. The highest BCUT2D eigenvalue weighted by atomic mass is 16.5. The summed E-state index contributed by atoms with van der Waals surface area (Å²) in [7, 11) is 2.29. The number of carbonyl (C=O) groups is 1. The van der Waals surface area contributed by atoms with Gasteiger partial charge < -0.3 is 9.64 Å². The summed E-state index contributed by atoms with van der Waals surface area (Å²) >= 11 is 0. The molecule has 0 aromatic rings. The Labute approximate surface area is 123 Å². The first-order valence-corrected chi connectivity index (χ1v) is 8.48. The Balaban J connectivity index is 1.52. The molecule has 4 aliphatic carbocycles. The zero-order valence-electron chi connectivity index (χ0n) is 13.1. The van der Waals surface area contributed by atoms with Crippen LogP contribution in [0.4, 0.5) is 0 Å². The van der Waals surface area contributed by atoms with Gasteiger partial charge in [-0.15, -0.1) is 0 Å². The Morgan fingerprint density at radius 2 is 1.70 bits per heavy atom. The number of carbonyl (C=O) groups excluding carboxylic acids is 1. The number of ether oxygens (including phenoxy) is 1. The Bertz CT molecular complexity index is 331. The Kier molecular flexibility index (Phi) is 4.07. The first-order valence-electron chi connectivity index (χ1n) is 8.48. The third kappa shape index (κ3) is 2.74. The molecule has 20 heavy (non-hydrogen) atoms. The van der Waals surface area contributed by atoms with Gasteiger partial charge in [0.05, 0.1) is 6.61 Å². The molecular formula is C17H29NO2. The second-order valence-corrected chi connectivity index (χ2v) is 7.47. The molecule has 0 N–H and O–H groups in total. The normalized spacial score (nSPS) is 38.5. The summed E-state index contributed by atoms with van der Waals surface area (Å²) in [5.74, 6) is 2.95. The molecule has 4 fully saturated rings. The molecule has 0 atom stereocenters. The van der Waals surface area contributed by atoms with Crippen LogP contribution in [-0.2, 0) is 9.53 Å². The van der Waals surface area contributed by atoms with Gasteiger partial charge in [0.15, 0.2) is 0 Å². The summed E-state index contributed by atoms with van der Waals surface area (Å²) < 4.78 is 5.02. The first kappa shape index (κ1) is 14.4. The topological polar surface area (TPSA) is 29.5 Å². The lowest BCUT2D eigenvalue weighted by molar-refractivity contribution is -0.143. The molecular weight excluding hydrogens is 250 g/mol. The van der Waals surface area contributed by atoms with Crippen LogP contribution in [0.25, 0.3) is 0 Å². The van der Waals surface area contributed by atoms with Crippen LogP contribution in [0.2, 0.25) is 0 Å². The van der Waals surface area contributed by atoms with Crippen molar-refractivity contribution in [2.75, 3.05) is 20.2 Å². The van der Waals surface area contributed by atoms with E-state index in [9.17, 15) is 4.79 Å². The van der Waals surface area contributed by atoms with Gasteiger partial charge in [0.2, 0.25) is 0 Å². The average molecular weight is 279 g/mol. The van der Waals surface area contributed by atoms with Crippen LogP contribution in [0.3, 0.4) is 0 Å². The van der Waals surface area contributed by atoms with Crippen LogP contribution >= 0.6 is 0 Å². The summed E-state index contributed by atoms with van der Waals surface area (Å²) in [5, 5.41) is 0. The average Bonchev–Trinajstić information content (AvgIpc) is 2.37. The van der Waals surface area contributed by atoms with Crippen LogP contribution < -0.4 is 0 Å². The van der Waals surface area contributed by atoms with E-state index in [1.165, 1.54) is 38.5 Å². The molecule has 0 radical (unpaired) electrons. The molecule has 114 valence electrons. The van der Waals surface area contributed by atoms with Gasteiger partial charge in [-0.1, -0.05) is 0 Å². The summed E-state index contributed by atoms with van der Waals surface area (Å²) in [4.78, 5) is 14.0. The maximum absolute atomic E-state index is 11.4. The fourth-order valence-electron chi connectivity index (χ4n) is 5.46. The van der Waals surface area contributed by atoms with E-state index in [0.29, 0.717) is 18.6 Å². The van der Waals surface area contributed by atoms with Crippen molar-refractivity contribution < 1.29 is 9.53 Å². The summed E-state index contributed by atoms with van der Waals surface area (Å²) in [6.07, 6.45) is 10.2. The van der Waals surface area contributed by atoms with Crippen molar-refractivity contribution in [2.24, 2.45) is 17.8 Å². The summed E-state index contributed by atoms with van der Waals surface area (Å²) in [6.45, 7) is 3.42. The predicted molar refractivity (Wildman–Crippen MR) is 79.4 cm³/mol. The van der Waals surface area contributed by atoms with Gasteiger partial charge in [0.25, 0.3) is 0 Å². The maximum Gasteiger partial charge on any atom is 0.305 e. The van der Waals surface area contributed by atoms with E-state index in [-0.39, 0.29) is 5.97 Å². The second kappa shape index (κ2) is 5.67. The number of esters is 1. The highest BCUT2D eigenvalue weighted by Gasteiger charge is 2.52. The van der Waals surface area contributed by atoms with E-state index in [4.69, 9.17) is 4.74 Å². The lowest BCUT2D eigenvalue weighted by Gasteiger charge is -2.60. The minimum absolute atomic E-state index is 0.0357. The maximum atomic E-state index is 11.4. The minimum atomic E-state index is -0.0357. The smallest absolute Gasteiger partial charge is 0.305 e. The fraction of sp³-hybridized carbons (Fsp3) is 0.941. The van der Waals surface area contributed by atoms with E-state index >= 15 is 0 Å². The number of nitrogens with zero attached hydrogens (tertiary/aromatic N) is 1. The zero-order valence-corrected chi connectivity index (χ0v) is 13.1. The molecule has 4 saturated carbocycles. The monoisotopic (exact) mass is 279 g/mol. The van der Waals surface area contributed by atoms with E-state index in [2.05, 4.69) is 11.9 Å².